The van der Waals surface area contributed by atoms with Crippen LogP contribution >= 0.6 is 11.8 Å². The van der Waals surface area contributed by atoms with E-state index in [4.69, 9.17) is 5.73 Å². The molecule has 0 saturated carbocycles. The molecule has 0 aliphatic rings. The van der Waals surface area contributed by atoms with E-state index in [9.17, 15) is 0 Å². The Morgan fingerprint density at radius 3 is 1.76 bits per heavy atom. The third-order valence-electron chi connectivity index (χ3n) is 4.52. The SMILES string of the molecule is Nc1c(Sc2ccccc2)ncnc1N(Cc1ccccc1)Cc1ccccc1. The molecule has 144 valence electrons. The number of rotatable bonds is 7. The maximum Gasteiger partial charge on any atom is 0.157 e. The molecule has 1 heterocycles. The van der Waals surface area contributed by atoms with E-state index in [-0.39, 0.29) is 0 Å². The van der Waals surface area contributed by atoms with Gasteiger partial charge in [0.15, 0.2) is 5.82 Å². The molecule has 4 aromatic rings. The quantitative estimate of drug-likeness (QED) is 0.422. The summed E-state index contributed by atoms with van der Waals surface area (Å²) in [6, 6.07) is 30.9. The van der Waals surface area contributed by atoms with E-state index in [1.165, 1.54) is 11.1 Å². The highest BCUT2D eigenvalue weighted by molar-refractivity contribution is 7.99. The molecule has 5 heteroatoms. The second-order valence-electron chi connectivity index (χ2n) is 6.66. The molecule has 0 bridgehead atoms. The van der Waals surface area contributed by atoms with Gasteiger partial charge in [-0.3, -0.25) is 0 Å². The third-order valence-corrected chi connectivity index (χ3v) is 5.54. The lowest BCUT2D eigenvalue weighted by Crippen LogP contribution is -2.24. The van der Waals surface area contributed by atoms with Crippen molar-refractivity contribution in [3.05, 3.63) is 108 Å². The fourth-order valence-electron chi connectivity index (χ4n) is 3.12. The highest BCUT2D eigenvalue weighted by Crippen LogP contribution is 2.35. The maximum atomic E-state index is 6.55. The molecule has 0 spiro atoms. The van der Waals surface area contributed by atoms with Crippen molar-refractivity contribution >= 4 is 23.3 Å². The summed E-state index contributed by atoms with van der Waals surface area (Å²) in [6.07, 6.45) is 1.60. The first-order chi connectivity index (χ1) is 14.3. The van der Waals surface area contributed by atoms with Gasteiger partial charge in [0.25, 0.3) is 0 Å². The molecular weight excluding hydrogens is 376 g/mol. The molecular formula is C24H22N4S. The molecule has 0 unspecified atom stereocenters. The molecule has 4 nitrogen and oxygen atoms in total. The van der Waals surface area contributed by atoms with Crippen molar-refractivity contribution in [3.63, 3.8) is 0 Å². The molecule has 3 aromatic carbocycles. The molecule has 0 amide bonds. The molecule has 0 radical (unpaired) electrons. The second kappa shape index (κ2) is 9.26. The van der Waals surface area contributed by atoms with Crippen molar-refractivity contribution in [2.75, 3.05) is 10.6 Å². The van der Waals surface area contributed by atoms with Crippen LogP contribution in [0.3, 0.4) is 0 Å². The lowest BCUT2D eigenvalue weighted by molar-refractivity contribution is 0.778. The van der Waals surface area contributed by atoms with Crippen LogP contribution < -0.4 is 10.6 Å². The summed E-state index contributed by atoms with van der Waals surface area (Å²) >= 11 is 1.56. The van der Waals surface area contributed by atoms with Crippen LogP contribution in [0.15, 0.2) is 107 Å². The van der Waals surface area contributed by atoms with Gasteiger partial charge in [0, 0.05) is 18.0 Å². The average molecular weight is 399 g/mol. The van der Waals surface area contributed by atoms with Crippen LogP contribution in [-0.2, 0) is 13.1 Å². The number of nitrogens with two attached hydrogens (primary N) is 1. The highest BCUT2D eigenvalue weighted by Gasteiger charge is 2.17. The molecule has 1 aromatic heterocycles. The number of nitrogens with zero attached hydrogens (tertiary/aromatic N) is 3. The smallest absolute Gasteiger partial charge is 0.157 e. The van der Waals surface area contributed by atoms with Crippen LogP contribution in [0.5, 0.6) is 0 Å². The normalized spacial score (nSPS) is 10.6. The van der Waals surface area contributed by atoms with Crippen molar-refractivity contribution in [2.24, 2.45) is 0 Å². The Morgan fingerprint density at radius 1 is 0.690 bits per heavy atom. The summed E-state index contributed by atoms with van der Waals surface area (Å²) in [7, 11) is 0. The van der Waals surface area contributed by atoms with E-state index in [0.29, 0.717) is 18.8 Å². The van der Waals surface area contributed by atoms with E-state index < -0.39 is 0 Å². The third kappa shape index (κ3) is 4.95. The number of anilines is 2. The molecule has 4 rings (SSSR count). The van der Waals surface area contributed by atoms with E-state index in [2.05, 4.69) is 75.5 Å². The highest BCUT2D eigenvalue weighted by atomic mass is 32.2. The van der Waals surface area contributed by atoms with Crippen LogP contribution in [0.4, 0.5) is 11.5 Å². The van der Waals surface area contributed by atoms with Gasteiger partial charge < -0.3 is 10.6 Å². The van der Waals surface area contributed by atoms with Gasteiger partial charge >= 0.3 is 0 Å². The second-order valence-corrected chi connectivity index (χ2v) is 7.72. The maximum absolute atomic E-state index is 6.55. The Hall–Kier alpha value is -3.31. The van der Waals surface area contributed by atoms with Gasteiger partial charge in [0.05, 0.1) is 0 Å². The number of hydrogen-bond acceptors (Lipinski definition) is 5. The lowest BCUT2D eigenvalue weighted by Gasteiger charge is -2.26. The molecule has 29 heavy (non-hydrogen) atoms. The predicted octanol–water partition coefficient (Wildman–Crippen LogP) is 5.42. The molecule has 0 aliphatic heterocycles. The molecule has 0 fully saturated rings. The first-order valence-electron chi connectivity index (χ1n) is 9.46. The fraction of sp³-hybridized carbons (Fsp3) is 0.0833. The Morgan fingerprint density at radius 2 is 1.21 bits per heavy atom. The first-order valence-corrected chi connectivity index (χ1v) is 10.3. The standard InChI is InChI=1S/C24H22N4S/c25-22-23(26-18-27-24(22)29-21-14-8-3-9-15-21)28(16-19-10-4-1-5-11-19)17-20-12-6-2-7-13-20/h1-15,18H,16-17,25H2. The molecule has 0 aliphatic carbocycles. The Bertz CT molecular complexity index is 999. The topological polar surface area (TPSA) is 55.0 Å². The zero-order valence-electron chi connectivity index (χ0n) is 16.0. The van der Waals surface area contributed by atoms with Crippen molar-refractivity contribution in [3.8, 4) is 0 Å². The van der Waals surface area contributed by atoms with Gasteiger partial charge in [-0.2, -0.15) is 0 Å². The van der Waals surface area contributed by atoms with E-state index >= 15 is 0 Å². The van der Waals surface area contributed by atoms with Crippen LogP contribution in [0.25, 0.3) is 0 Å². The summed E-state index contributed by atoms with van der Waals surface area (Å²) in [5.74, 6) is 0.756. The first kappa shape index (κ1) is 19.0. The Balaban J connectivity index is 1.67. The number of aromatic nitrogens is 2. The summed E-state index contributed by atoms with van der Waals surface area (Å²) in [5.41, 5.74) is 9.57. The van der Waals surface area contributed by atoms with E-state index in [1.807, 2.05) is 30.3 Å². The monoisotopic (exact) mass is 398 g/mol. The molecule has 2 N–H and O–H groups in total. The van der Waals surface area contributed by atoms with Gasteiger partial charge in [-0.05, 0) is 23.3 Å². The number of hydrogen-bond donors (Lipinski definition) is 1. The minimum Gasteiger partial charge on any atom is -0.394 e. The van der Waals surface area contributed by atoms with Gasteiger partial charge in [0.2, 0.25) is 0 Å². The lowest BCUT2D eigenvalue weighted by atomic mass is 10.1. The van der Waals surface area contributed by atoms with Gasteiger partial charge in [-0.15, -0.1) is 0 Å². The number of benzene rings is 3. The molecule has 0 saturated heterocycles. The largest absolute Gasteiger partial charge is 0.394 e. The van der Waals surface area contributed by atoms with Crippen LogP contribution in [0.1, 0.15) is 11.1 Å². The van der Waals surface area contributed by atoms with Gasteiger partial charge in [-0.25, -0.2) is 9.97 Å². The summed E-state index contributed by atoms with van der Waals surface area (Å²) in [4.78, 5) is 12.3. The predicted molar refractivity (Wildman–Crippen MR) is 120 cm³/mol. The van der Waals surface area contributed by atoms with Crippen LogP contribution in [-0.4, -0.2) is 9.97 Å². The zero-order chi connectivity index (χ0) is 19.9. The van der Waals surface area contributed by atoms with Crippen molar-refractivity contribution in [2.45, 2.75) is 23.0 Å². The number of nitrogen functional groups attached to an aromatic ring is 1. The fourth-order valence-corrected chi connectivity index (χ4v) is 3.94. The zero-order valence-corrected chi connectivity index (χ0v) is 16.8. The summed E-state index contributed by atoms with van der Waals surface area (Å²) in [6.45, 7) is 1.43. The van der Waals surface area contributed by atoms with Crippen molar-refractivity contribution in [1.82, 2.24) is 9.97 Å². The average Bonchev–Trinajstić information content (AvgIpc) is 2.77. The van der Waals surface area contributed by atoms with Gasteiger partial charge in [-0.1, -0.05) is 90.6 Å². The van der Waals surface area contributed by atoms with Crippen molar-refractivity contribution < 1.29 is 0 Å². The summed E-state index contributed by atoms with van der Waals surface area (Å²) in [5, 5.41) is 0.771. The van der Waals surface area contributed by atoms with Gasteiger partial charge in [0.1, 0.15) is 17.0 Å². The minimum absolute atomic E-state index is 0.605. The van der Waals surface area contributed by atoms with Crippen LogP contribution in [0.2, 0.25) is 0 Å². The van der Waals surface area contributed by atoms with Crippen LogP contribution in [0, 0.1) is 0 Å². The summed E-state index contributed by atoms with van der Waals surface area (Å²) < 4.78 is 0. The Labute approximate surface area is 175 Å². The molecule has 0 atom stereocenters. The van der Waals surface area contributed by atoms with E-state index in [0.717, 1.165) is 15.7 Å². The van der Waals surface area contributed by atoms with E-state index in [1.54, 1.807) is 18.1 Å². The minimum atomic E-state index is 0.605. The van der Waals surface area contributed by atoms with Crippen molar-refractivity contribution in [1.29, 1.82) is 0 Å². The Kier molecular flexibility index (Phi) is 6.07.